The highest BCUT2D eigenvalue weighted by Crippen LogP contribution is 2.24. The number of amidine groups is 1. The third-order valence-electron chi connectivity index (χ3n) is 4.91. The number of sulfonamides is 1. The van der Waals surface area contributed by atoms with Crippen molar-refractivity contribution in [2.45, 2.75) is 17.9 Å². The van der Waals surface area contributed by atoms with E-state index in [1.165, 1.54) is 6.07 Å². The molecule has 10 heteroatoms. The Kier molecular flexibility index (Phi) is 4.60. The lowest BCUT2D eigenvalue weighted by Crippen LogP contribution is -2.28. The number of carbonyl (C=O) groups is 1. The van der Waals surface area contributed by atoms with Gasteiger partial charge in [0, 0.05) is 34.6 Å². The highest BCUT2D eigenvalue weighted by Gasteiger charge is 2.31. The van der Waals surface area contributed by atoms with Crippen LogP contribution in [0, 0.1) is 0 Å². The van der Waals surface area contributed by atoms with Crippen molar-refractivity contribution in [3.05, 3.63) is 71.9 Å². The normalized spacial score (nSPS) is 16.7. The lowest BCUT2D eigenvalue weighted by Gasteiger charge is -2.10. The van der Waals surface area contributed by atoms with E-state index in [2.05, 4.69) is 20.0 Å². The van der Waals surface area contributed by atoms with Crippen LogP contribution >= 0.6 is 11.3 Å². The van der Waals surface area contributed by atoms with Crippen molar-refractivity contribution in [1.29, 1.82) is 0 Å². The van der Waals surface area contributed by atoms with Crippen molar-refractivity contribution >= 4 is 43.8 Å². The van der Waals surface area contributed by atoms with E-state index in [0.717, 1.165) is 16.2 Å². The molecule has 3 heterocycles. The number of carbonyl (C=O) groups excluding carboxylic acids is 1. The molecule has 156 valence electrons. The van der Waals surface area contributed by atoms with Crippen LogP contribution in [-0.4, -0.2) is 35.6 Å². The van der Waals surface area contributed by atoms with Crippen LogP contribution in [0.5, 0.6) is 0 Å². The number of thiazole rings is 1. The number of aromatic nitrogens is 2. The number of fused-ring (bicyclic) bond motifs is 2. The number of hydrogen-bond donors (Lipinski definition) is 2. The molecule has 2 N–H and O–H groups in total. The fourth-order valence-electron chi connectivity index (χ4n) is 3.32. The van der Waals surface area contributed by atoms with Crippen LogP contribution in [-0.2, 0) is 14.8 Å². The van der Waals surface area contributed by atoms with Gasteiger partial charge in [-0.25, -0.2) is 13.4 Å². The van der Waals surface area contributed by atoms with E-state index >= 15 is 0 Å². The van der Waals surface area contributed by atoms with Gasteiger partial charge in [0.2, 0.25) is 5.91 Å². The maximum atomic E-state index is 12.6. The first kappa shape index (κ1) is 19.5. The van der Waals surface area contributed by atoms with E-state index in [9.17, 15) is 13.2 Å². The number of amides is 1. The minimum atomic E-state index is -3.64. The molecular formula is C21H17N5O3S2. The van der Waals surface area contributed by atoms with Crippen molar-refractivity contribution in [3.8, 4) is 11.3 Å². The van der Waals surface area contributed by atoms with Gasteiger partial charge in [-0.2, -0.15) is 0 Å². The molecule has 2 aromatic carbocycles. The Labute approximate surface area is 182 Å². The number of nitrogens with one attached hydrogen (secondary N) is 2. The number of nitrogens with zero attached hydrogens (tertiary/aromatic N) is 3. The Bertz CT molecular complexity index is 1410. The maximum absolute atomic E-state index is 12.6. The molecule has 1 aliphatic heterocycles. The molecule has 8 nitrogen and oxygen atoms in total. The summed E-state index contributed by atoms with van der Waals surface area (Å²) in [6.07, 6.45) is 3.91. The number of anilines is 1. The van der Waals surface area contributed by atoms with Crippen molar-refractivity contribution in [2.24, 2.45) is 4.99 Å². The summed E-state index contributed by atoms with van der Waals surface area (Å²) in [4.78, 5) is 22.6. The Morgan fingerprint density at radius 1 is 1.19 bits per heavy atom. The smallest absolute Gasteiger partial charge is 0.263 e. The highest BCUT2D eigenvalue weighted by atomic mass is 32.2. The van der Waals surface area contributed by atoms with Crippen molar-refractivity contribution < 1.29 is 13.2 Å². The average molecular weight is 452 g/mol. The predicted molar refractivity (Wildman–Crippen MR) is 120 cm³/mol. The van der Waals surface area contributed by atoms with E-state index < -0.39 is 16.1 Å². The third-order valence-corrected chi connectivity index (χ3v) is 7.07. The molecule has 0 spiro atoms. The van der Waals surface area contributed by atoms with E-state index in [1.54, 1.807) is 48.6 Å². The van der Waals surface area contributed by atoms with Gasteiger partial charge in [-0.15, -0.1) is 11.3 Å². The lowest BCUT2D eigenvalue weighted by atomic mass is 10.1. The topological polar surface area (TPSA) is 105 Å². The van der Waals surface area contributed by atoms with Crippen LogP contribution in [0.2, 0.25) is 0 Å². The van der Waals surface area contributed by atoms with Crippen LogP contribution in [0.4, 0.5) is 5.69 Å². The molecule has 0 aliphatic carbocycles. The van der Waals surface area contributed by atoms with Gasteiger partial charge >= 0.3 is 0 Å². The second-order valence-corrected chi connectivity index (χ2v) is 9.56. The molecule has 0 saturated heterocycles. The molecule has 0 radical (unpaired) electrons. The predicted octanol–water partition coefficient (Wildman–Crippen LogP) is 3.13. The molecule has 31 heavy (non-hydrogen) atoms. The molecule has 0 bridgehead atoms. The average Bonchev–Trinajstić information content (AvgIpc) is 3.42. The first-order valence-corrected chi connectivity index (χ1v) is 11.8. The van der Waals surface area contributed by atoms with Gasteiger partial charge in [0.1, 0.15) is 11.9 Å². The number of aliphatic imine (C=N–C) groups is 1. The van der Waals surface area contributed by atoms with E-state index in [1.807, 2.05) is 34.3 Å². The zero-order chi connectivity index (χ0) is 21.6. The first-order valence-electron chi connectivity index (χ1n) is 9.44. The van der Waals surface area contributed by atoms with E-state index in [-0.39, 0.29) is 16.6 Å². The molecule has 4 aromatic rings. The number of imidazole rings is 1. The van der Waals surface area contributed by atoms with Crippen LogP contribution in [0.3, 0.4) is 0 Å². The molecule has 1 aliphatic rings. The summed E-state index contributed by atoms with van der Waals surface area (Å²) in [6, 6.07) is 13.1. The second-order valence-electron chi connectivity index (χ2n) is 7.04. The van der Waals surface area contributed by atoms with Gasteiger partial charge in [-0.1, -0.05) is 24.3 Å². The van der Waals surface area contributed by atoms with Gasteiger partial charge < -0.3 is 5.32 Å². The zero-order valence-corrected chi connectivity index (χ0v) is 17.9. The fraction of sp³-hybridized carbons (Fsp3) is 0.0952. The van der Waals surface area contributed by atoms with Gasteiger partial charge in [0.15, 0.2) is 4.96 Å². The highest BCUT2D eigenvalue weighted by molar-refractivity contribution is 7.90. The third kappa shape index (κ3) is 3.60. The molecule has 2 aromatic heterocycles. The minimum absolute atomic E-state index is 0.163. The van der Waals surface area contributed by atoms with Gasteiger partial charge in [-0.05, 0) is 31.2 Å². The van der Waals surface area contributed by atoms with Crippen LogP contribution in [0.1, 0.15) is 12.5 Å². The van der Waals surface area contributed by atoms with Crippen LogP contribution < -0.4 is 10.0 Å². The number of rotatable bonds is 4. The Hall–Kier alpha value is -3.50. The van der Waals surface area contributed by atoms with E-state index in [4.69, 9.17) is 0 Å². The summed E-state index contributed by atoms with van der Waals surface area (Å²) in [5, 5.41) is 4.79. The first-order chi connectivity index (χ1) is 14.9. The monoisotopic (exact) mass is 451 g/mol. The molecule has 5 rings (SSSR count). The second kappa shape index (κ2) is 7.33. The Morgan fingerprint density at radius 2 is 1.97 bits per heavy atom. The Morgan fingerprint density at radius 3 is 2.74 bits per heavy atom. The summed E-state index contributed by atoms with van der Waals surface area (Å²) in [5.74, 6) is -0.167. The van der Waals surface area contributed by atoms with Crippen molar-refractivity contribution in [3.63, 3.8) is 0 Å². The largest absolute Gasteiger partial charge is 0.324 e. The van der Waals surface area contributed by atoms with Crippen LogP contribution in [0.25, 0.3) is 16.2 Å². The van der Waals surface area contributed by atoms with Crippen LogP contribution in [0.15, 0.2) is 76.2 Å². The lowest BCUT2D eigenvalue weighted by molar-refractivity contribution is -0.117. The standard InChI is InChI=1S/C21H17N5O3S2/c1-13(22-19-16-4-2-3-5-18(16)31(28,29)25-19)20(27)23-15-8-6-14(7-9-15)17-12-26-10-11-30-21(26)24-17/h2-13H,1H3,(H,22,25)(H,23,27)/t13-/m1/s1. The summed E-state index contributed by atoms with van der Waals surface area (Å²) >= 11 is 1.57. The zero-order valence-electron chi connectivity index (χ0n) is 16.3. The fourth-order valence-corrected chi connectivity index (χ4v) is 5.26. The summed E-state index contributed by atoms with van der Waals surface area (Å²) in [6.45, 7) is 1.61. The van der Waals surface area contributed by atoms with E-state index in [0.29, 0.717) is 11.3 Å². The Balaban J connectivity index is 1.31. The molecule has 0 unspecified atom stereocenters. The molecule has 1 amide bonds. The maximum Gasteiger partial charge on any atom is 0.263 e. The van der Waals surface area contributed by atoms with Crippen molar-refractivity contribution in [1.82, 2.24) is 14.1 Å². The number of hydrogen-bond acceptors (Lipinski definition) is 6. The summed E-state index contributed by atoms with van der Waals surface area (Å²) < 4.78 is 28.8. The number of benzene rings is 2. The minimum Gasteiger partial charge on any atom is -0.324 e. The SMILES string of the molecule is C[C@@H](N=C1NS(=O)(=O)c2ccccc21)C(=O)Nc1ccc(-c2cn3ccsc3n2)cc1. The van der Waals surface area contributed by atoms with Gasteiger partial charge in [0.05, 0.1) is 10.6 Å². The van der Waals surface area contributed by atoms with Crippen molar-refractivity contribution in [2.75, 3.05) is 5.32 Å². The molecule has 1 atom stereocenters. The molecule has 0 saturated carbocycles. The molecule has 0 fully saturated rings. The van der Waals surface area contributed by atoms with Gasteiger partial charge in [-0.3, -0.25) is 18.9 Å². The van der Waals surface area contributed by atoms with Gasteiger partial charge in [0.25, 0.3) is 10.0 Å². The molecular weight excluding hydrogens is 434 g/mol. The summed E-state index contributed by atoms with van der Waals surface area (Å²) in [5.41, 5.74) is 2.89. The summed E-state index contributed by atoms with van der Waals surface area (Å²) in [7, 11) is -3.64. The quantitative estimate of drug-likeness (QED) is 0.497.